The van der Waals surface area contributed by atoms with Gasteiger partial charge in [-0.1, -0.05) is 20.8 Å². The molecule has 0 aliphatic heterocycles. The highest BCUT2D eigenvalue weighted by molar-refractivity contribution is 5.57. The van der Waals surface area contributed by atoms with Crippen LogP contribution in [0.3, 0.4) is 0 Å². The Hall–Kier alpha value is -1.71. The Kier molecular flexibility index (Phi) is 2.26. The molecule has 0 aliphatic carbocycles. The second kappa shape index (κ2) is 3.46. The fourth-order valence-corrected chi connectivity index (χ4v) is 1.47. The van der Waals surface area contributed by atoms with Crippen LogP contribution in [0.4, 0.5) is 0 Å². The van der Waals surface area contributed by atoms with Crippen molar-refractivity contribution >= 4 is 0 Å². The van der Waals surface area contributed by atoms with E-state index in [1.54, 1.807) is 6.20 Å². The standard InChI is InChI=1S/C11H13N3O/c1-11(2,3)9-8(5-4-6-12-9)10-14-13-7-15-10/h4-7H,1-3H3. The third-order valence-corrected chi connectivity index (χ3v) is 2.11. The predicted octanol–water partition coefficient (Wildman–Crippen LogP) is 2.43. The third-order valence-electron chi connectivity index (χ3n) is 2.11. The van der Waals surface area contributed by atoms with Gasteiger partial charge in [0.25, 0.3) is 0 Å². The van der Waals surface area contributed by atoms with Gasteiger partial charge in [-0.2, -0.15) is 0 Å². The molecule has 0 amide bonds. The van der Waals surface area contributed by atoms with E-state index in [4.69, 9.17) is 4.42 Å². The van der Waals surface area contributed by atoms with E-state index in [0.29, 0.717) is 5.89 Å². The first kappa shape index (κ1) is 9.83. The normalized spacial score (nSPS) is 11.7. The van der Waals surface area contributed by atoms with Gasteiger partial charge in [0.1, 0.15) is 0 Å². The van der Waals surface area contributed by atoms with E-state index in [1.165, 1.54) is 6.39 Å². The highest BCUT2D eigenvalue weighted by atomic mass is 16.4. The fraction of sp³-hybridized carbons (Fsp3) is 0.364. The molecule has 0 aliphatic rings. The molecule has 0 atom stereocenters. The molecular weight excluding hydrogens is 190 g/mol. The van der Waals surface area contributed by atoms with Gasteiger partial charge in [-0.05, 0) is 12.1 Å². The molecule has 15 heavy (non-hydrogen) atoms. The van der Waals surface area contributed by atoms with Crippen molar-refractivity contribution in [2.24, 2.45) is 0 Å². The second-order valence-electron chi connectivity index (χ2n) is 4.39. The average molecular weight is 203 g/mol. The van der Waals surface area contributed by atoms with Crippen LogP contribution in [0.25, 0.3) is 11.5 Å². The van der Waals surface area contributed by atoms with Crippen LogP contribution in [-0.2, 0) is 5.41 Å². The maximum atomic E-state index is 5.19. The van der Waals surface area contributed by atoms with Crippen molar-refractivity contribution in [2.75, 3.05) is 0 Å². The molecule has 4 nitrogen and oxygen atoms in total. The van der Waals surface area contributed by atoms with Crippen molar-refractivity contribution in [2.45, 2.75) is 26.2 Å². The molecule has 0 saturated heterocycles. The van der Waals surface area contributed by atoms with Crippen molar-refractivity contribution in [3.05, 3.63) is 30.4 Å². The second-order valence-corrected chi connectivity index (χ2v) is 4.39. The van der Waals surface area contributed by atoms with Gasteiger partial charge in [0.05, 0.1) is 11.3 Å². The van der Waals surface area contributed by atoms with Crippen LogP contribution in [0.2, 0.25) is 0 Å². The summed E-state index contributed by atoms with van der Waals surface area (Å²) < 4.78 is 5.19. The van der Waals surface area contributed by atoms with Crippen LogP contribution in [0.5, 0.6) is 0 Å². The van der Waals surface area contributed by atoms with Crippen LogP contribution < -0.4 is 0 Å². The molecule has 0 aromatic carbocycles. The van der Waals surface area contributed by atoms with Crippen molar-refractivity contribution in [1.82, 2.24) is 15.2 Å². The Morgan fingerprint density at radius 2 is 2.07 bits per heavy atom. The number of pyridine rings is 1. The van der Waals surface area contributed by atoms with Crippen LogP contribution in [-0.4, -0.2) is 15.2 Å². The molecule has 0 N–H and O–H groups in total. The minimum atomic E-state index is -0.0366. The van der Waals surface area contributed by atoms with Crippen LogP contribution in [0, 0.1) is 0 Å². The lowest BCUT2D eigenvalue weighted by Crippen LogP contribution is -2.14. The SMILES string of the molecule is CC(C)(C)c1ncccc1-c1nnco1. The van der Waals surface area contributed by atoms with Gasteiger partial charge in [-0.3, -0.25) is 4.98 Å². The quantitative estimate of drug-likeness (QED) is 0.714. The summed E-state index contributed by atoms with van der Waals surface area (Å²) in [5, 5.41) is 7.58. The summed E-state index contributed by atoms with van der Waals surface area (Å²) in [6.07, 6.45) is 3.11. The highest BCUT2D eigenvalue weighted by Crippen LogP contribution is 2.29. The van der Waals surface area contributed by atoms with E-state index < -0.39 is 0 Å². The maximum absolute atomic E-state index is 5.19. The van der Waals surface area contributed by atoms with Crippen molar-refractivity contribution in [3.63, 3.8) is 0 Å². The largest absolute Gasteiger partial charge is 0.423 e. The average Bonchev–Trinajstić information content (AvgIpc) is 2.69. The van der Waals surface area contributed by atoms with Crippen LogP contribution in [0.15, 0.2) is 29.1 Å². The van der Waals surface area contributed by atoms with E-state index in [0.717, 1.165) is 11.3 Å². The first-order chi connectivity index (χ1) is 7.09. The first-order valence-corrected chi connectivity index (χ1v) is 4.81. The molecule has 2 heterocycles. The zero-order chi connectivity index (χ0) is 10.9. The number of hydrogen-bond acceptors (Lipinski definition) is 4. The van der Waals surface area contributed by atoms with Crippen molar-refractivity contribution in [1.29, 1.82) is 0 Å². The minimum absolute atomic E-state index is 0.0366. The Morgan fingerprint density at radius 3 is 2.67 bits per heavy atom. The lowest BCUT2D eigenvalue weighted by molar-refractivity contribution is 0.547. The molecule has 0 spiro atoms. The van der Waals surface area contributed by atoms with Gasteiger partial charge in [-0.15, -0.1) is 10.2 Å². The molecule has 2 aromatic heterocycles. The first-order valence-electron chi connectivity index (χ1n) is 4.81. The summed E-state index contributed by atoms with van der Waals surface area (Å²) >= 11 is 0. The topological polar surface area (TPSA) is 51.8 Å². The zero-order valence-corrected chi connectivity index (χ0v) is 9.06. The van der Waals surface area contributed by atoms with Gasteiger partial charge in [0.2, 0.25) is 12.3 Å². The number of hydrogen-bond donors (Lipinski definition) is 0. The van der Waals surface area contributed by atoms with Gasteiger partial charge in [-0.25, -0.2) is 0 Å². The number of aromatic nitrogens is 3. The van der Waals surface area contributed by atoms with E-state index in [-0.39, 0.29) is 5.41 Å². The van der Waals surface area contributed by atoms with E-state index in [9.17, 15) is 0 Å². The molecular formula is C11H13N3O. The maximum Gasteiger partial charge on any atom is 0.249 e. The Labute approximate surface area is 88.4 Å². The molecule has 0 bridgehead atoms. The molecule has 0 saturated carbocycles. The summed E-state index contributed by atoms with van der Waals surface area (Å²) in [5.41, 5.74) is 1.84. The number of nitrogens with zero attached hydrogens (tertiary/aromatic N) is 3. The van der Waals surface area contributed by atoms with Crippen molar-refractivity contribution in [3.8, 4) is 11.5 Å². The van der Waals surface area contributed by atoms with E-state index in [1.807, 2.05) is 12.1 Å². The molecule has 4 heteroatoms. The van der Waals surface area contributed by atoms with Crippen LogP contribution in [0.1, 0.15) is 26.5 Å². The summed E-state index contributed by atoms with van der Waals surface area (Å²) in [4.78, 5) is 4.38. The minimum Gasteiger partial charge on any atom is -0.423 e. The smallest absolute Gasteiger partial charge is 0.249 e. The molecule has 0 fully saturated rings. The summed E-state index contributed by atoms with van der Waals surface area (Å²) in [7, 11) is 0. The van der Waals surface area contributed by atoms with E-state index >= 15 is 0 Å². The van der Waals surface area contributed by atoms with Crippen LogP contribution >= 0.6 is 0 Å². The summed E-state index contributed by atoms with van der Waals surface area (Å²) in [5.74, 6) is 0.521. The molecule has 78 valence electrons. The van der Waals surface area contributed by atoms with Gasteiger partial charge >= 0.3 is 0 Å². The summed E-state index contributed by atoms with van der Waals surface area (Å²) in [6, 6.07) is 3.82. The number of rotatable bonds is 1. The van der Waals surface area contributed by atoms with E-state index in [2.05, 4.69) is 36.0 Å². The van der Waals surface area contributed by atoms with Gasteiger partial charge < -0.3 is 4.42 Å². The monoisotopic (exact) mass is 203 g/mol. The molecule has 0 radical (unpaired) electrons. The Morgan fingerprint density at radius 1 is 1.27 bits per heavy atom. The summed E-state index contributed by atoms with van der Waals surface area (Å²) in [6.45, 7) is 6.32. The fourth-order valence-electron chi connectivity index (χ4n) is 1.47. The predicted molar refractivity (Wildman–Crippen MR) is 56.2 cm³/mol. The molecule has 0 unspecified atom stereocenters. The third kappa shape index (κ3) is 1.88. The molecule has 2 aromatic rings. The Balaban J connectivity index is 2.58. The lowest BCUT2D eigenvalue weighted by Gasteiger charge is -2.19. The Bertz CT molecular complexity index is 443. The van der Waals surface area contributed by atoms with Gasteiger partial charge in [0.15, 0.2) is 0 Å². The molecule has 2 rings (SSSR count). The zero-order valence-electron chi connectivity index (χ0n) is 9.06. The van der Waals surface area contributed by atoms with Gasteiger partial charge in [0, 0.05) is 11.6 Å². The van der Waals surface area contributed by atoms with Crippen molar-refractivity contribution < 1.29 is 4.42 Å². The lowest BCUT2D eigenvalue weighted by atomic mass is 9.88. The highest BCUT2D eigenvalue weighted by Gasteiger charge is 2.22.